The van der Waals surface area contributed by atoms with E-state index < -0.39 is 0 Å². The molecule has 0 saturated heterocycles. The predicted molar refractivity (Wildman–Crippen MR) is 75.2 cm³/mol. The van der Waals surface area contributed by atoms with Crippen molar-refractivity contribution in [2.24, 2.45) is 0 Å². The van der Waals surface area contributed by atoms with Crippen LogP contribution in [0.25, 0.3) is 0 Å². The first-order valence-corrected chi connectivity index (χ1v) is 5.75. The zero-order valence-electron chi connectivity index (χ0n) is 10.8. The first kappa shape index (κ1) is 12.2. The number of nitrogen functional groups attached to an aromatic ring is 1. The molecule has 0 fully saturated rings. The van der Waals surface area contributed by atoms with Gasteiger partial charge in [0, 0.05) is 18.8 Å². The zero-order valence-corrected chi connectivity index (χ0v) is 10.8. The van der Waals surface area contributed by atoms with E-state index in [4.69, 9.17) is 5.73 Å². The minimum atomic E-state index is 0.244. The van der Waals surface area contributed by atoms with E-state index >= 15 is 0 Å². The van der Waals surface area contributed by atoms with Gasteiger partial charge in [-0.05, 0) is 37.1 Å². The summed E-state index contributed by atoms with van der Waals surface area (Å²) in [5.41, 5.74) is 9.12. The van der Waals surface area contributed by atoms with Gasteiger partial charge in [-0.2, -0.15) is 9.97 Å². The van der Waals surface area contributed by atoms with Crippen LogP contribution in [-0.2, 0) is 0 Å². The Hall–Kier alpha value is -2.30. The molecule has 5 heteroatoms. The van der Waals surface area contributed by atoms with Crippen molar-refractivity contribution in [3.63, 3.8) is 0 Å². The van der Waals surface area contributed by atoms with Gasteiger partial charge >= 0.3 is 0 Å². The van der Waals surface area contributed by atoms with Crippen molar-refractivity contribution in [1.29, 1.82) is 0 Å². The Morgan fingerprint density at radius 1 is 1.00 bits per heavy atom. The molecule has 1 aromatic carbocycles. The van der Waals surface area contributed by atoms with E-state index in [1.54, 1.807) is 7.05 Å². The second kappa shape index (κ2) is 4.91. The Balaban J connectivity index is 2.27. The number of hydrogen-bond acceptors (Lipinski definition) is 5. The van der Waals surface area contributed by atoms with Crippen molar-refractivity contribution in [2.45, 2.75) is 13.8 Å². The number of nitrogens with two attached hydrogens (primary N) is 1. The molecule has 18 heavy (non-hydrogen) atoms. The molecule has 0 amide bonds. The van der Waals surface area contributed by atoms with E-state index in [0.29, 0.717) is 11.6 Å². The molecule has 1 heterocycles. The quantitative estimate of drug-likeness (QED) is 0.772. The lowest BCUT2D eigenvalue weighted by atomic mass is 10.1. The lowest BCUT2D eigenvalue weighted by molar-refractivity contribution is 1.17. The fraction of sp³-hybridized carbons (Fsp3) is 0.231. The fourth-order valence-corrected chi connectivity index (χ4v) is 1.63. The number of nitrogens with zero attached hydrogens (tertiary/aromatic N) is 2. The third-order valence-corrected chi connectivity index (χ3v) is 2.78. The Labute approximate surface area is 106 Å². The van der Waals surface area contributed by atoms with Gasteiger partial charge in [-0.1, -0.05) is 6.07 Å². The highest BCUT2D eigenvalue weighted by Crippen LogP contribution is 2.20. The molecule has 1 aromatic heterocycles. The number of anilines is 4. The van der Waals surface area contributed by atoms with Gasteiger partial charge in [0.15, 0.2) is 0 Å². The number of aromatic nitrogens is 2. The van der Waals surface area contributed by atoms with Crippen molar-refractivity contribution in [3.05, 3.63) is 35.4 Å². The molecule has 0 aliphatic heterocycles. The van der Waals surface area contributed by atoms with E-state index in [-0.39, 0.29) is 5.95 Å². The van der Waals surface area contributed by atoms with Crippen molar-refractivity contribution >= 4 is 23.3 Å². The minimum Gasteiger partial charge on any atom is -0.373 e. The van der Waals surface area contributed by atoms with Gasteiger partial charge in [0.25, 0.3) is 0 Å². The normalized spacial score (nSPS) is 10.2. The smallest absolute Gasteiger partial charge is 0.223 e. The Bertz CT molecular complexity index is 565. The molecule has 0 aliphatic rings. The van der Waals surface area contributed by atoms with Gasteiger partial charge in [0.05, 0.1) is 0 Å². The second-order valence-electron chi connectivity index (χ2n) is 4.17. The number of benzene rings is 1. The predicted octanol–water partition coefficient (Wildman–Crippen LogP) is 2.46. The maximum Gasteiger partial charge on any atom is 0.223 e. The molecule has 0 saturated carbocycles. The summed E-state index contributed by atoms with van der Waals surface area (Å²) in [5.74, 6) is 1.61. The Morgan fingerprint density at radius 2 is 1.72 bits per heavy atom. The highest BCUT2D eigenvalue weighted by Gasteiger charge is 2.02. The monoisotopic (exact) mass is 243 g/mol. The van der Waals surface area contributed by atoms with Crippen LogP contribution in [0.5, 0.6) is 0 Å². The van der Waals surface area contributed by atoms with Gasteiger partial charge in [0.2, 0.25) is 5.95 Å². The lowest BCUT2D eigenvalue weighted by Crippen LogP contribution is -2.03. The fourth-order valence-electron chi connectivity index (χ4n) is 1.63. The summed E-state index contributed by atoms with van der Waals surface area (Å²) in [7, 11) is 1.79. The Kier molecular flexibility index (Phi) is 3.32. The van der Waals surface area contributed by atoms with E-state index in [1.165, 1.54) is 11.1 Å². The average molecular weight is 243 g/mol. The maximum atomic E-state index is 5.64. The van der Waals surface area contributed by atoms with Crippen LogP contribution >= 0.6 is 0 Å². The van der Waals surface area contributed by atoms with Crippen LogP contribution in [0.3, 0.4) is 0 Å². The standard InChI is InChI=1S/C13H17N5/c1-8-4-5-10(6-9(8)2)16-12-7-11(15-3)17-13(14)18-12/h4-7H,1-3H3,(H4,14,15,16,17,18). The lowest BCUT2D eigenvalue weighted by Gasteiger charge is -2.09. The third-order valence-electron chi connectivity index (χ3n) is 2.78. The van der Waals surface area contributed by atoms with Gasteiger partial charge in [0.1, 0.15) is 11.6 Å². The minimum absolute atomic E-state index is 0.244. The maximum absolute atomic E-state index is 5.64. The number of nitrogens with one attached hydrogen (secondary N) is 2. The van der Waals surface area contributed by atoms with E-state index in [1.807, 2.05) is 12.1 Å². The molecule has 0 bridgehead atoms. The van der Waals surface area contributed by atoms with E-state index in [0.717, 1.165) is 5.69 Å². The molecule has 0 unspecified atom stereocenters. The van der Waals surface area contributed by atoms with Crippen molar-refractivity contribution in [2.75, 3.05) is 23.4 Å². The summed E-state index contributed by atoms with van der Waals surface area (Å²) in [6, 6.07) is 7.97. The average Bonchev–Trinajstić information content (AvgIpc) is 2.33. The first-order valence-electron chi connectivity index (χ1n) is 5.75. The molecular weight excluding hydrogens is 226 g/mol. The number of aryl methyl sites for hydroxylation is 2. The van der Waals surface area contributed by atoms with Crippen LogP contribution in [0.15, 0.2) is 24.3 Å². The molecule has 4 N–H and O–H groups in total. The first-order chi connectivity index (χ1) is 8.58. The summed E-state index contributed by atoms with van der Waals surface area (Å²) in [4.78, 5) is 8.19. The SMILES string of the molecule is CNc1cc(Nc2ccc(C)c(C)c2)nc(N)n1. The van der Waals surface area contributed by atoms with Gasteiger partial charge in [-0.3, -0.25) is 0 Å². The molecule has 0 spiro atoms. The van der Waals surface area contributed by atoms with Crippen molar-refractivity contribution in [3.8, 4) is 0 Å². The molecule has 94 valence electrons. The van der Waals surface area contributed by atoms with Gasteiger partial charge in [-0.15, -0.1) is 0 Å². The molecule has 0 aliphatic carbocycles. The molecule has 2 rings (SSSR count). The largest absolute Gasteiger partial charge is 0.373 e. The van der Waals surface area contributed by atoms with Gasteiger partial charge in [-0.25, -0.2) is 0 Å². The van der Waals surface area contributed by atoms with Gasteiger partial charge < -0.3 is 16.4 Å². The summed E-state index contributed by atoms with van der Waals surface area (Å²) in [6.45, 7) is 4.16. The summed E-state index contributed by atoms with van der Waals surface area (Å²) < 4.78 is 0. The molecule has 5 nitrogen and oxygen atoms in total. The molecule has 0 atom stereocenters. The van der Waals surface area contributed by atoms with Crippen LogP contribution in [-0.4, -0.2) is 17.0 Å². The molecule has 2 aromatic rings. The van der Waals surface area contributed by atoms with Crippen LogP contribution in [0, 0.1) is 13.8 Å². The van der Waals surface area contributed by atoms with Crippen LogP contribution in [0.1, 0.15) is 11.1 Å². The Morgan fingerprint density at radius 3 is 2.39 bits per heavy atom. The van der Waals surface area contributed by atoms with E-state index in [9.17, 15) is 0 Å². The topological polar surface area (TPSA) is 75.9 Å². The van der Waals surface area contributed by atoms with Crippen molar-refractivity contribution < 1.29 is 0 Å². The van der Waals surface area contributed by atoms with Crippen LogP contribution in [0.2, 0.25) is 0 Å². The summed E-state index contributed by atoms with van der Waals surface area (Å²) in [5, 5.41) is 6.16. The zero-order chi connectivity index (χ0) is 13.1. The number of hydrogen-bond donors (Lipinski definition) is 3. The third kappa shape index (κ3) is 2.68. The van der Waals surface area contributed by atoms with Crippen molar-refractivity contribution in [1.82, 2.24) is 9.97 Å². The highest BCUT2D eigenvalue weighted by molar-refractivity contribution is 5.61. The second-order valence-corrected chi connectivity index (χ2v) is 4.17. The summed E-state index contributed by atoms with van der Waals surface area (Å²) >= 11 is 0. The molecule has 0 radical (unpaired) electrons. The van der Waals surface area contributed by atoms with Crippen LogP contribution < -0.4 is 16.4 Å². The van der Waals surface area contributed by atoms with Crippen LogP contribution in [0.4, 0.5) is 23.3 Å². The molecular formula is C13H17N5. The number of rotatable bonds is 3. The van der Waals surface area contributed by atoms with E-state index in [2.05, 4.69) is 46.6 Å². The summed E-state index contributed by atoms with van der Waals surface area (Å²) in [6.07, 6.45) is 0. The highest BCUT2D eigenvalue weighted by atomic mass is 15.1.